The molecule has 1 heterocycles. The highest BCUT2D eigenvalue weighted by Crippen LogP contribution is 2.31. The summed E-state index contributed by atoms with van der Waals surface area (Å²) >= 11 is 5.82. The summed E-state index contributed by atoms with van der Waals surface area (Å²) in [5, 5.41) is 21.4. The minimum atomic E-state index is -0.421. The van der Waals surface area contributed by atoms with E-state index in [9.17, 15) is 15.2 Å². The van der Waals surface area contributed by atoms with Gasteiger partial charge >= 0.3 is 0 Å². The topological polar surface area (TPSA) is 68.3 Å². The Morgan fingerprint density at radius 3 is 2.95 bits per heavy atom. The maximum absolute atomic E-state index is 11.1. The highest BCUT2D eigenvalue weighted by Gasteiger charge is 2.21. The highest BCUT2D eigenvalue weighted by atomic mass is 35.5. The molecule has 0 spiro atoms. The van der Waals surface area contributed by atoms with Crippen molar-refractivity contribution in [3.63, 3.8) is 0 Å². The summed E-state index contributed by atoms with van der Waals surface area (Å²) in [6, 6.07) is 4.70. The van der Waals surface area contributed by atoms with E-state index in [1.165, 1.54) is 6.07 Å². The van der Waals surface area contributed by atoms with Crippen LogP contribution in [0.5, 0.6) is 0 Å². The fourth-order valence-electron chi connectivity index (χ4n) is 2.85. The van der Waals surface area contributed by atoms with E-state index in [4.69, 9.17) is 11.6 Å². The number of nitro groups is 1. The van der Waals surface area contributed by atoms with Crippen molar-refractivity contribution in [1.82, 2.24) is 4.57 Å². The van der Waals surface area contributed by atoms with Crippen LogP contribution in [-0.2, 0) is 13.0 Å². The molecule has 6 heteroatoms. The first-order chi connectivity index (χ1) is 10.0. The predicted molar refractivity (Wildman–Crippen MR) is 79.5 cm³/mol. The third-order valence-electron chi connectivity index (χ3n) is 3.88. The number of rotatable bonds is 3. The molecular weight excluding hydrogens is 292 g/mol. The van der Waals surface area contributed by atoms with Gasteiger partial charge in [-0.15, -0.1) is 0 Å². The van der Waals surface area contributed by atoms with Crippen LogP contribution in [0.25, 0.3) is 0 Å². The fraction of sp³-hybridized carbons (Fsp3) is 0.333. The zero-order valence-corrected chi connectivity index (χ0v) is 12.1. The van der Waals surface area contributed by atoms with E-state index in [1.807, 2.05) is 17.0 Å². The smallest absolute Gasteiger partial charge is 0.275 e. The van der Waals surface area contributed by atoms with Gasteiger partial charge in [-0.2, -0.15) is 0 Å². The molecule has 3 rings (SSSR count). The average molecular weight is 307 g/mol. The van der Waals surface area contributed by atoms with Gasteiger partial charge in [-0.25, -0.2) is 0 Å². The van der Waals surface area contributed by atoms with Gasteiger partial charge in [0.25, 0.3) is 5.69 Å². The first kappa shape index (κ1) is 14.1. The van der Waals surface area contributed by atoms with Gasteiger partial charge in [0, 0.05) is 34.6 Å². The second kappa shape index (κ2) is 5.50. The maximum Gasteiger partial charge on any atom is 0.275 e. The van der Waals surface area contributed by atoms with Crippen LogP contribution < -0.4 is 0 Å². The van der Waals surface area contributed by atoms with Crippen LogP contribution in [0.1, 0.15) is 35.6 Å². The first-order valence-corrected chi connectivity index (χ1v) is 7.22. The largest absolute Gasteiger partial charge is 0.388 e. The summed E-state index contributed by atoms with van der Waals surface area (Å²) in [7, 11) is 0. The predicted octanol–water partition coefficient (Wildman–Crippen LogP) is 3.47. The molecule has 0 saturated carbocycles. The van der Waals surface area contributed by atoms with Crippen molar-refractivity contribution >= 4 is 17.3 Å². The minimum Gasteiger partial charge on any atom is -0.388 e. The lowest BCUT2D eigenvalue weighted by Crippen LogP contribution is -2.05. The molecule has 21 heavy (non-hydrogen) atoms. The van der Waals surface area contributed by atoms with E-state index in [0.717, 1.165) is 30.4 Å². The number of halogens is 1. The highest BCUT2D eigenvalue weighted by molar-refractivity contribution is 6.30. The van der Waals surface area contributed by atoms with Crippen LogP contribution in [0.15, 0.2) is 30.6 Å². The Morgan fingerprint density at radius 1 is 1.43 bits per heavy atom. The van der Waals surface area contributed by atoms with Gasteiger partial charge in [0.15, 0.2) is 0 Å². The molecule has 1 aromatic carbocycles. The summed E-state index contributed by atoms with van der Waals surface area (Å²) in [5.41, 5.74) is 2.70. The van der Waals surface area contributed by atoms with E-state index in [0.29, 0.717) is 17.1 Å². The van der Waals surface area contributed by atoms with Crippen molar-refractivity contribution in [2.45, 2.75) is 31.9 Å². The first-order valence-electron chi connectivity index (χ1n) is 6.84. The second-order valence-corrected chi connectivity index (χ2v) is 5.79. The Kier molecular flexibility index (Phi) is 3.69. The SMILES string of the molecule is O=[N+]([O-])c1cc(Cl)ccc1Cn1cc2c(c1)C(O)CCC2. The number of nitrogens with zero attached hydrogens (tertiary/aromatic N) is 2. The molecule has 1 atom stereocenters. The van der Waals surface area contributed by atoms with Crippen LogP contribution in [0.4, 0.5) is 5.69 Å². The third-order valence-corrected chi connectivity index (χ3v) is 4.11. The molecule has 0 saturated heterocycles. The Balaban J connectivity index is 1.92. The summed E-state index contributed by atoms with van der Waals surface area (Å²) in [4.78, 5) is 10.7. The Labute approximate surface area is 126 Å². The Morgan fingerprint density at radius 2 is 2.24 bits per heavy atom. The van der Waals surface area contributed by atoms with Crippen LogP contribution in [-0.4, -0.2) is 14.6 Å². The van der Waals surface area contributed by atoms with Crippen LogP contribution in [0, 0.1) is 10.1 Å². The minimum absolute atomic E-state index is 0.0229. The molecule has 0 radical (unpaired) electrons. The molecule has 2 aromatic rings. The van der Waals surface area contributed by atoms with Crippen molar-refractivity contribution in [2.24, 2.45) is 0 Å². The van der Waals surface area contributed by atoms with Crippen LogP contribution >= 0.6 is 11.6 Å². The monoisotopic (exact) mass is 306 g/mol. The van der Waals surface area contributed by atoms with Crippen LogP contribution in [0.3, 0.4) is 0 Å². The molecule has 1 N–H and O–H groups in total. The quantitative estimate of drug-likeness (QED) is 0.697. The second-order valence-electron chi connectivity index (χ2n) is 5.35. The van der Waals surface area contributed by atoms with Crippen molar-refractivity contribution in [1.29, 1.82) is 0 Å². The van der Waals surface area contributed by atoms with Gasteiger partial charge in [-0.3, -0.25) is 10.1 Å². The third kappa shape index (κ3) is 2.80. The Bertz CT molecular complexity index is 696. The molecule has 110 valence electrons. The zero-order valence-electron chi connectivity index (χ0n) is 11.3. The fourth-order valence-corrected chi connectivity index (χ4v) is 3.02. The standard InChI is InChI=1S/C15H15ClN2O3/c16-12-5-4-11(14(6-12)18(20)21)8-17-7-10-2-1-3-15(19)13(10)9-17/h4-7,9,15,19H,1-3,8H2. The molecule has 1 aliphatic carbocycles. The lowest BCUT2D eigenvalue weighted by molar-refractivity contribution is -0.385. The summed E-state index contributed by atoms with van der Waals surface area (Å²) in [6.45, 7) is 0.396. The molecule has 0 bridgehead atoms. The van der Waals surface area contributed by atoms with E-state index >= 15 is 0 Å². The van der Waals surface area contributed by atoms with E-state index in [1.54, 1.807) is 12.1 Å². The zero-order chi connectivity index (χ0) is 15.0. The van der Waals surface area contributed by atoms with Gasteiger partial charge in [-0.1, -0.05) is 11.6 Å². The van der Waals surface area contributed by atoms with Gasteiger partial charge in [0.2, 0.25) is 0 Å². The molecule has 5 nitrogen and oxygen atoms in total. The molecular formula is C15H15ClN2O3. The van der Waals surface area contributed by atoms with Crippen molar-refractivity contribution < 1.29 is 10.0 Å². The summed E-state index contributed by atoms with van der Waals surface area (Å²) < 4.78 is 1.90. The van der Waals surface area contributed by atoms with Crippen molar-refractivity contribution in [2.75, 3.05) is 0 Å². The number of hydrogen-bond donors (Lipinski definition) is 1. The Hall–Kier alpha value is -1.85. The number of aliphatic hydroxyl groups is 1. The number of aryl methyl sites for hydroxylation is 1. The number of nitro benzene ring substituents is 1. The molecule has 1 unspecified atom stereocenters. The van der Waals surface area contributed by atoms with Gasteiger partial charge in [0.05, 0.1) is 17.6 Å². The number of fused-ring (bicyclic) bond motifs is 1. The van der Waals surface area contributed by atoms with Gasteiger partial charge in [0.1, 0.15) is 0 Å². The molecule has 1 aromatic heterocycles. The average Bonchev–Trinajstić information content (AvgIpc) is 2.85. The number of aromatic nitrogens is 1. The van der Waals surface area contributed by atoms with Crippen LogP contribution in [0.2, 0.25) is 5.02 Å². The normalized spacial score (nSPS) is 17.5. The van der Waals surface area contributed by atoms with Gasteiger partial charge in [-0.05, 0) is 37.0 Å². The summed E-state index contributed by atoms with van der Waals surface area (Å²) in [5.74, 6) is 0. The maximum atomic E-state index is 11.1. The van der Waals surface area contributed by atoms with E-state index < -0.39 is 11.0 Å². The lowest BCUT2D eigenvalue weighted by Gasteiger charge is -2.16. The number of aliphatic hydroxyl groups excluding tert-OH is 1. The van der Waals surface area contributed by atoms with Gasteiger partial charge < -0.3 is 9.67 Å². The van der Waals surface area contributed by atoms with Crippen molar-refractivity contribution in [3.05, 3.63) is 62.4 Å². The molecule has 1 aliphatic rings. The van der Waals surface area contributed by atoms with E-state index in [2.05, 4.69) is 0 Å². The molecule has 0 amide bonds. The van der Waals surface area contributed by atoms with E-state index in [-0.39, 0.29) is 5.69 Å². The van der Waals surface area contributed by atoms with Crippen molar-refractivity contribution in [3.8, 4) is 0 Å². The molecule has 0 fully saturated rings. The summed E-state index contributed by atoms with van der Waals surface area (Å²) in [6.07, 6.45) is 6.13. The number of benzene rings is 1. The molecule has 0 aliphatic heterocycles. The lowest BCUT2D eigenvalue weighted by atomic mass is 9.93. The number of hydrogen-bond acceptors (Lipinski definition) is 3.